The molecule has 3 rings (SSSR count). The molecule has 108 valence electrons. The van der Waals surface area contributed by atoms with E-state index in [0.717, 1.165) is 31.5 Å². The highest BCUT2D eigenvalue weighted by atomic mass is 16.4. The number of nitrogens with zero attached hydrogens (tertiary/aromatic N) is 1. The second-order valence-corrected chi connectivity index (χ2v) is 5.68. The van der Waals surface area contributed by atoms with E-state index in [1.165, 1.54) is 0 Å². The van der Waals surface area contributed by atoms with Crippen LogP contribution in [0.15, 0.2) is 4.42 Å². The van der Waals surface area contributed by atoms with E-state index in [1.54, 1.807) is 0 Å². The number of aryl methyl sites for hydroxylation is 1. The molecule has 1 amide bonds. The van der Waals surface area contributed by atoms with E-state index in [9.17, 15) is 9.59 Å². The van der Waals surface area contributed by atoms with Crippen LogP contribution in [0, 0.1) is 6.92 Å². The van der Waals surface area contributed by atoms with E-state index in [4.69, 9.17) is 4.42 Å². The first-order chi connectivity index (χ1) is 9.59. The van der Waals surface area contributed by atoms with Gasteiger partial charge in [-0.2, -0.15) is 0 Å². The van der Waals surface area contributed by atoms with Gasteiger partial charge in [-0.3, -0.25) is 9.59 Å². The van der Waals surface area contributed by atoms with E-state index in [2.05, 4.69) is 5.32 Å². The zero-order chi connectivity index (χ0) is 14.3. The molecule has 0 spiro atoms. The molecule has 5 nitrogen and oxygen atoms in total. The monoisotopic (exact) mass is 276 g/mol. The molecule has 1 aromatic heterocycles. The molecular formula is C15H20N2O3. The maximum atomic E-state index is 12.6. The van der Waals surface area contributed by atoms with E-state index >= 15 is 0 Å². The second-order valence-electron chi connectivity index (χ2n) is 5.68. The number of piperazine rings is 1. The number of furan rings is 1. The van der Waals surface area contributed by atoms with Crippen LogP contribution in [0.25, 0.3) is 0 Å². The van der Waals surface area contributed by atoms with Crippen molar-refractivity contribution in [3.8, 4) is 0 Å². The molecule has 1 fully saturated rings. The Morgan fingerprint density at radius 2 is 2.20 bits per heavy atom. The highest BCUT2D eigenvalue weighted by molar-refractivity contribution is 6.03. The van der Waals surface area contributed by atoms with E-state index in [0.29, 0.717) is 30.0 Å². The van der Waals surface area contributed by atoms with Crippen LogP contribution in [0.1, 0.15) is 52.0 Å². The van der Waals surface area contributed by atoms with Crippen LogP contribution < -0.4 is 5.32 Å². The Labute approximate surface area is 118 Å². The molecule has 2 aliphatic rings. The van der Waals surface area contributed by atoms with E-state index in [-0.39, 0.29) is 17.7 Å². The van der Waals surface area contributed by atoms with Gasteiger partial charge in [-0.1, -0.05) is 0 Å². The molecule has 1 saturated heterocycles. The minimum absolute atomic E-state index is 0.0845. The zero-order valence-electron chi connectivity index (χ0n) is 12.0. The van der Waals surface area contributed by atoms with Crippen LogP contribution in [0.4, 0.5) is 0 Å². The molecule has 0 radical (unpaired) electrons. The topological polar surface area (TPSA) is 62.6 Å². The summed E-state index contributed by atoms with van der Waals surface area (Å²) in [6.07, 6.45) is 2.13. The maximum Gasteiger partial charge on any atom is 0.290 e. The standard InChI is InChI=1S/C15H20N2O3/c1-9-8-16-6-7-17(9)15(19)14-10(2)13-11(18)4-3-5-12(13)20-14/h9,16H,3-8H2,1-2H3/t9-/m1/s1. The largest absolute Gasteiger partial charge is 0.455 e. The summed E-state index contributed by atoms with van der Waals surface area (Å²) >= 11 is 0. The SMILES string of the molecule is Cc1c(C(=O)N2CCNC[C@H]2C)oc2c1C(=O)CCC2. The quantitative estimate of drug-likeness (QED) is 0.845. The number of Topliss-reactive ketones (excluding diaryl/α,β-unsaturated/α-hetero) is 1. The van der Waals surface area contributed by atoms with Crippen LogP contribution >= 0.6 is 0 Å². The number of rotatable bonds is 1. The van der Waals surface area contributed by atoms with Gasteiger partial charge in [0, 0.05) is 44.1 Å². The summed E-state index contributed by atoms with van der Waals surface area (Å²) in [4.78, 5) is 26.5. The van der Waals surface area contributed by atoms with Gasteiger partial charge in [0.15, 0.2) is 11.5 Å². The second kappa shape index (κ2) is 5.05. The molecule has 20 heavy (non-hydrogen) atoms. The number of fused-ring (bicyclic) bond motifs is 1. The summed E-state index contributed by atoms with van der Waals surface area (Å²) < 4.78 is 5.74. The summed E-state index contributed by atoms with van der Waals surface area (Å²) in [5, 5.41) is 3.26. The highest BCUT2D eigenvalue weighted by Gasteiger charge is 2.32. The maximum absolute atomic E-state index is 12.6. The fourth-order valence-corrected chi connectivity index (χ4v) is 3.13. The van der Waals surface area contributed by atoms with Crippen molar-refractivity contribution in [3.63, 3.8) is 0 Å². The molecule has 2 heterocycles. The van der Waals surface area contributed by atoms with Crippen LogP contribution in [0.3, 0.4) is 0 Å². The minimum Gasteiger partial charge on any atom is -0.455 e. The number of nitrogens with one attached hydrogen (secondary N) is 1. The first-order valence-electron chi connectivity index (χ1n) is 7.26. The Bertz CT molecular complexity index is 562. The number of amides is 1. The highest BCUT2D eigenvalue weighted by Crippen LogP contribution is 2.30. The van der Waals surface area contributed by atoms with Crippen LogP contribution in [-0.2, 0) is 6.42 Å². The number of ketones is 1. The van der Waals surface area contributed by atoms with Gasteiger partial charge in [0.05, 0.1) is 5.56 Å². The Balaban J connectivity index is 1.94. The fraction of sp³-hybridized carbons (Fsp3) is 0.600. The van der Waals surface area contributed by atoms with Crippen LogP contribution in [0.2, 0.25) is 0 Å². The van der Waals surface area contributed by atoms with Crippen LogP contribution in [0.5, 0.6) is 0 Å². The molecule has 1 aliphatic carbocycles. The molecule has 0 bridgehead atoms. The average molecular weight is 276 g/mol. The smallest absolute Gasteiger partial charge is 0.290 e. The van der Waals surface area contributed by atoms with Crippen molar-refractivity contribution in [2.24, 2.45) is 0 Å². The zero-order valence-corrected chi connectivity index (χ0v) is 12.0. The van der Waals surface area contributed by atoms with E-state index in [1.807, 2.05) is 18.7 Å². The van der Waals surface area contributed by atoms with Crippen molar-refractivity contribution in [3.05, 3.63) is 22.6 Å². The molecule has 1 aromatic rings. The third-order valence-corrected chi connectivity index (χ3v) is 4.26. The summed E-state index contributed by atoms with van der Waals surface area (Å²) in [7, 11) is 0. The van der Waals surface area contributed by atoms with Gasteiger partial charge < -0.3 is 14.6 Å². The minimum atomic E-state index is -0.0845. The summed E-state index contributed by atoms with van der Waals surface area (Å²) in [6, 6.07) is 0.147. The number of carbonyl (C=O) groups excluding carboxylic acids is 2. The molecule has 0 saturated carbocycles. The molecule has 1 N–H and O–H groups in total. The predicted molar refractivity (Wildman–Crippen MR) is 74.1 cm³/mol. The van der Waals surface area contributed by atoms with Crippen molar-refractivity contribution >= 4 is 11.7 Å². The Hall–Kier alpha value is -1.62. The molecule has 0 aromatic carbocycles. The third kappa shape index (κ3) is 2.06. The van der Waals surface area contributed by atoms with Gasteiger partial charge >= 0.3 is 0 Å². The van der Waals surface area contributed by atoms with Gasteiger partial charge in [0.25, 0.3) is 5.91 Å². The lowest BCUT2D eigenvalue weighted by atomic mass is 9.94. The van der Waals surface area contributed by atoms with Crippen molar-refractivity contribution in [2.75, 3.05) is 19.6 Å². The van der Waals surface area contributed by atoms with Gasteiger partial charge in [0.1, 0.15) is 5.76 Å². The van der Waals surface area contributed by atoms with Crippen molar-refractivity contribution in [2.45, 2.75) is 39.2 Å². The first-order valence-corrected chi connectivity index (χ1v) is 7.26. The normalized spacial score (nSPS) is 22.8. The number of hydrogen-bond donors (Lipinski definition) is 1. The van der Waals surface area contributed by atoms with Crippen molar-refractivity contribution in [1.29, 1.82) is 0 Å². The molecule has 5 heteroatoms. The van der Waals surface area contributed by atoms with Gasteiger partial charge in [-0.05, 0) is 20.3 Å². The summed E-state index contributed by atoms with van der Waals surface area (Å²) in [6.45, 7) is 6.12. The first kappa shape index (κ1) is 13.4. The molecule has 1 aliphatic heterocycles. The Morgan fingerprint density at radius 3 is 2.90 bits per heavy atom. The van der Waals surface area contributed by atoms with Gasteiger partial charge in [-0.25, -0.2) is 0 Å². The lowest BCUT2D eigenvalue weighted by Gasteiger charge is -2.33. The predicted octanol–water partition coefficient (Wildman–Crippen LogP) is 1.54. The van der Waals surface area contributed by atoms with Crippen molar-refractivity contribution in [1.82, 2.24) is 10.2 Å². The lowest BCUT2D eigenvalue weighted by Crippen LogP contribution is -2.52. The number of hydrogen-bond acceptors (Lipinski definition) is 4. The van der Waals surface area contributed by atoms with Crippen LogP contribution in [-0.4, -0.2) is 42.3 Å². The summed E-state index contributed by atoms with van der Waals surface area (Å²) in [5.74, 6) is 1.09. The van der Waals surface area contributed by atoms with Gasteiger partial charge in [0.2, 0.25) is 0 Å². The Morgan fingerprint density at radius 1 is 1.40 bits per heavy atom. The Kier molecular flexibility index (Phi) is 3.38. The average Bonchev–Trinajstić information content (AvgIpc) is 2.77. The lowest BCUT2D eigenvalue weighted by molar-refractivity contribution is 0.0619. The number of carbonyl (C=O) groups is 2. The third-order valence-electron chi connectivity index (χ3n) is 4.26. The van der Waals surface area contributed by atoms with Gasteiger partial charge in [-0.15, -0.1) is 0 Å². The molecule has 1 atom stereocenters. The fourth-order valence-electron chi connectivity index (χ4n) is 3.13. The molecular weight excluding hydrogens is 256 g/mol. The summed E-state index contributed by atoms with van der Waals surface area (Å²) in [5.41, 5.74) is 1.38. The molecule has 0 unspecified atom stereocenters. The van der Waals surface area contributed by atoms with E-state index < -0.39 is 0 Å². The van der Waals surface area contributed by atoms with Crippen molar-refractivity contribution < 1.29 is 14.0 Å².